The van der Waals surface area contributed by atoms with Crippen LogP contribution in [-0.2, 0) is 4.74 Å². The summed E-state index contributed by atoms with van der Waals surface area (Å²) in [5.74, 6) is -0.0267. The minimum atomic E-state index is -0.357. The van der Waals surface area contributed by atoms with Crippen molar-refractivity contribution in [1.82, 2.24) is 20.4 Å². The fourth-order valence-corrected chi connectivity index (χ4v) is 2.56. The first-order valence-corrected chi connectivity index (χ1v) is 8.28. The Kier molecular flexibility index (Phi) is 5.79. The van der Waals surface area contributed by atoms with Gasteiger partial charge in [-0.3, -0.25) is 9.69 Å². The van der Waals surface area contributed by atoms with E-state index in [1.807, 2.05) is 0 Å². The number of hydrogen-bond donors (Lipinski definition) is 1. The average Bonchev–Trinajstić information content (AvgIpc) is 3.10. The van der Waals surface area contributed by atoms with E-state index in [1.54, 1.807) is 24.3 Å². The molecule has 0 atom stereocenters. The lowest BCUT2D eigenvalue weighted by molar-refractivity contribution is 0.0374. The highest BCUT2D eigenvalue weighted by molar-refractivity contribution is 6.30. The molecular formula is C16H19ClN4O3. The Labute approximate surface area is 144 Å². The second kappa shape index (κ2) is 8.23. The van der Waals surface area contributed by atoms with Crippen LogP contribution in [0.25, 0.3) is 11.4 Å². The standard InChI is InChI=1S/C16H19ClN4O3/c17-13-4-2-12(3-5-13)14-19-16(24-20-14)15(22)18-6-1-7-21-8-10-23-11-9-21/h2-5H,1,6-11H2,(H,18,22). The number of halogens is 1. The number of rotatable bonds is 6. The van der Waals surface area contributed by atoms with Gasteiger partial charge in [0.25, 0.3) is 0 Å². The zero-order valence-electron chi connectivity index (χ0n) is 13.2. The van der Waals surface area contributed by atoms with E-state index in [9.17, 15) is 4.79 Å². The molecule has 1 aliphatic heterocycles. The Morgan fingerprint density at radius 1 is 1.25 bits per heavy atom. The molecule has 1 aromatic carbocycles. The average molecular weight is 351 g/mol. The molecule has 2 aromatic rings. The molecule has 0 saturated carbocycles. The van der Waals surface area contributed by atoms with Gasteiger partial charge in [0.1, 0.15) is 0 Å². The van der Waals surface area contributed by atoms with Crippen molar-refractivity contribution in [3.63, 3.8) is 0 Å². The Bertz CT molecular complexity index is 668. The molecule has 0 aliphatic carbocycles. The van der Waals surface area contributed by atoms with Crippen molar-refractivity contribution >= 4 is 17.5 Å². The third kappa shape index (κ3) is 4.53. The summed E-state index contributed by atoms with van der Waals surface area (Å²) in [4.78, 5) is 18.5. The van der Waals surface area contributed by atoms with E-state index in [0.717, 1.165) is 44.8 Å². The summed E-state index contributed by atoms with van der Waals surface area (Å²) in [6.07, 6.45) is 0.865. The molecule has 1 amide bonds. The molecule has 0 radical (unpaired) electrons. The number of benzene rings is 1. The van der Waals surface area contributed by atoms with Crippen molar-refractivity contribution in [3.05, 3.63) is 35.2 Å². The first-order valence-electron chi connectivity index (χ1n) is 7.90. The molecule has 0 bridgehead atoms. The van der Waals surface area contributed by atoms with Crippen molar-refractivity contribution in [2.24, 2.45) is 0 Å². The van der Waals surface area contributed by atoms with Crippen LogP contribution in [0.2, 0.25) is 5.02 Å². The van der Waals surface area contributed by atoms with E-state index in [4.69, 9.17) is 20.9 Å². The Hall–Kier alpha value is -1.96. The summed E-state index contributed by atoms with van der Waals surface area (Å²) in [6.45, 7) is 4.95. The number of aromatic nitrogens is 2. The van der Waals surface area contributed by atoms with Gasteiger partial charge in [0.05, 0.1) is 13.2 Å². The third-order valence-electron chi connectivity index (χ3n) is 3.76. The van der Waals surface area contributed by atoms with Crippen LogP contribution in [0.5, 0.6) is 0 Å². The lowest BCUT2D eigenvalue weighted by Crippen LogP contribution is -2.38. The molecule has 0 unspecified atom stereocenters. The molecular weight excluding hydrogens is 332 g/mol. The molecule has 1 fully saturated rings. The number of carbonyl (C=O) groups is 1. The summed E-state index contributed by atoms with van der Waals surface area (Å²) < 4.78 is 10.3. The van der Waals surface area contributed by atoms with Crippen LogP contribution in [0.15, 0.2) is 28.8 Å². The zero-order chi connectivity index (χ0) is 16.8. The lowest BCUT2D eigenvalue weighted by atomic mass is 10.2. The highest BCUT2D eigenvalue weighted by atomic mass is 35.5. The number of ether oxygens (including phenoxy) is 1. The minimum absolute atomic E-state index is 0.0358. The smallest absolute Gasteiger partial charge is 0.316 e. The van der Waals surface area contributed by atoms with Gasteiger partial charge in [0.15, 0.2) is 0 Å². The van der Waals surface area contributed by atoms with Crippen LogP contribution in [0, 0.1) is 0 Å². The summed E-state index contributed by atoms with van der Waals surface area (Å²) in [6, 6.07) is 7.02. The Morgan fingerprint density at radius 3 is 2.75 bits per heavy atom. The summed E-state index contributed by atoms with van der Waals surface area (Å²) >= 11 is 5.84. The van der Waals surface area contributed by atoms with Crippen LogP contribution in [0.1, 0.15) is 17.1 Å². The van der Waals surface area contributed by atoms with Crippen LogP contribution in [-0.4, -0.2) is 60.3 Å². The summed E-state index contributed by atoms with van der Waals surface area (Å²) in [5.41, 5.74) is 0.745. The van der Waals surface area contributed by atoms with Gasteiger partial charge in [-0.05, 0) is 37.2 Å². The Balaban J connectivity index is 1.46. The highest BCUT2D eigenvalue weighted by Gasteiger charge is 2.16. The predicted molar refractivity (Wildman–Crippen MR) is 89.0 cm³/mol. The van der Waals surface area contributed by atoms with Crippen LogP contribution >= 0.6 is 11.6 Å². The summed E-state index contributed by atoms with van der Waals surface area (Å²) in [7, 11) is 0. The largest absolute Gasteiger partial charge is 0.379 e. The van der Waals surface area contributed by atoms with Gasteiger partial charge < -0.3 is 14.6 Å². The van der Waals surface area contributed by atoms with E-state index in [-0.39, 0.29) is 11.8 Å². The minimum Gasteiger partial charge on any atom is -0.379 e. The van der Waals surface area contributed by atoms with Crippen molar-refractivity contribution in [1.29, 1.82) is 0 Å². The van der Waals surface area contributed by atoms with Crippen LogP contribution in [0.4, 0.5) is 0 Å². The maximum absolute atomic E-state index is 12.0. The van der Waals surface area contributed by atoms with E-state index in [2.05, 4.69) is 20.4 Å². The molecule has 128 valence electrons. The topological polar surface area (TPSA) is 80.5 Å². The molecule has 1 aliphatic rings. The molecule has 1 N–H and O–H groups in total. The van der Waals surface area contributed by atoms with Gasteiger partial charge in [0, 0.05) is 30.2 Å². The molecule has 8 heteroatoms. The maximum Gasteiger partial charge on any atom is 0.316 e. The van der Waals surface area contributed by atoms with Gasteiger partial charge in [0.2, 0.25) is 5.82 Å². The van der Waals surface area contributed by atoms with Crippen molar-refractivity contribution < 1.29 is 14.1 Å². The second-order valence-electron chi connectivity index (χ2n) is 5.49. The number of amides is 1. The number of nitrogens with one attached hydrogen (secondary N) is 1. The van der Waals surface area contributed by atoms with E-state index < -0.39 is 0 Å². The Morgan fingerprint density at radius 2 is 2.00 bits per heavy atom. The van der Waals surface area contributed by atoms with Crippen LogP contribution in [0.3, 0.4) is 0 Å². The van der Waals surface area contributed by atoms with Gasteiger partial charge >= 0.3 is 11.8 Å². The normalized spacial score (nSPS) is 15.4. The van der Waals surface area contributed by atoms with E-state index in [1.165, 1.54) is 0 Å². The highest BCUT2D eigenvalue weighted by Crippen LogP contribution is 2.18. The molecule has 2 heterocycles. The SMILES string of the molecule is O=C(NCCCN1CCOCC1)c1nc(-c2ccc(Cl)cc2)no1. The number of hydrogen-bond acceptors (Lipinski definition) is 6. The van der Waals surface area contributed by atoms with E-state index in [0.29, 0.717) is 17.4 Å². The summed E-state index contributed by atoms with van der Waals surface area (Å²) in [5, 5.41) is 7.25. The molecule has 0 spiro atoms. The first kappa shape index (κ1) is 16.9. The molecule has 1 saturated heterocycles. The van der Waals surface area contributed by atoms with Gasteiger partial charge in [-0.25, -0.2) is 0 Å². The molecule has 7 nitrogen and oxygen atoms in total. The lowest BCUT2D eigenvalue weighted by Gasteiger charge is -2.26. The van der Waals surface area contributed by atoms with Crippen LogP contribution < -0.4 is 5.32 Å². The van der Waals surface area contributed by atoms with Gasteiger partial charge in [-0.15, -0.1) is 0 Å². The zero-order valence-corrected chi connectivity index (χ0v) is 14.0. The molecule has 24 heavy (non-hydrogen) atoms. The monoisotopic (exact) mass is 350 g/mol. The quantitative estimate of drug-likeness (QED) is 0.801. The maximum atomic E-state index is 12.0. The van der Waals surface area contributed by atoms with Gasteiger partial charge in [-0.1, -0.05) is 16.8 Å². The van der Waals surface area contributed by atoms with Crippen molar-refractivity contribution in [2.45, 2.75) is 6.42 Å². The van der Waals surface area contributed by atoms with Crippen molar-refractivity contribution in [2.75, 3.05) is 39.4 Å². The number of nitrogens with zero attached hydrogens (tertiary/aromatic N) is 3. The van der Waals surface area contributed by atoms with Crippen molar-refractivity contribution in [3.8, 4) is 11.4 Å². The first-order chi connectivity index (χ1) is 11.7. The number of carbonyl (C=O) groups excluding carboxylic acids is 1. The molecule has 3 rings (SSSR count). The predicted octanol–water partition coefficient (Wildman–Crippen LogP) is 1.84. The second-order valence-corrected chi connectivity index (χ2v) is 5.93. The number of morpholine rings is 1. The molecule has 1 aromatic heterocycles. The fourth-order valence-electron chi connectivity index (χ4n) is 2.44. The van der Waals surface area contributed by atoms with Gasteiger partial charge in [-0.2, -0.15) is 4.98 Å². The third-order valence-corrected chi connectivity index (χ3v) is 4.02. The van der Waals surface area contributed by atoms with E-state index >= 15 is 0 Å². The fraction of sp³-hybridized carbons (Fsp3) is 0.438.